The summed E-state index contributed by atoms with van der Waals surface area (Å²) in [6.07, 6.45) is 1.26. The standard InChI is InChI=1S/C31H26N4O4/c1-2-9-23-18-28(36)33(16-17-34-29(37)26-14-7-8-15-27(26)30(34)38)31(39)35(23)20-22-11-4-6-13-25(22)24-12-5-3-10-21(24)19-32/h3-8,10-15,18H,2,9,16-17,20H2,1H3. The molecule has 0 atom stereocenters. The Morgan fingerprint density at radius 2 is 1.31 bits per heavy atom. The van der Waals surface area contributed by atoms with E-state index in [2.05, 4.69) is 6.07 Å². The average molecular weight is 519 g/mol. The number of carbonyl (C=O) groups excluding carboxylic acids is 2. The van der Waals surface area contributed by atoms with E-state index in [1.807, 2.05) is 43.3 Å². The number of amides is 2. The van der Waals surface area contributed by atoms with E-state index in [4.69, 9.17) is 0 Å². The molecule has 0 N–H and O–H groups in total. The number of hydrogen-bond donors (Lipinski definition) is 0. The normalized spacial score (nSPS) is 12.5. The number of aromatic nitrogens is 2. The number of rotatable bonds is 8. The molecule has 194 valence electrons. The van der Waals surface area contributed by atoms with Gasteiger partial charge in [0.1, 0.15) is 0 Å². The van der Waals surface area contributed by atoms with Crippen LogP contribution in [0.15, 0.2) is 88.5 Å². The van der Waals surface area contributed by atoms with Crippen molar-refractivity contribution >= 4 is 11.8 Å². The minimum atomic E-state index is -0.508. The van der Waals surface area contributed by atoms with Crippen molar-refractivity contribution < 1.29 is 9.59 Å². The molecule has 1 aliphatic rings. The van der Waals surface area contributed by atoms with Crippen LogP contribution >= 0.6 is 0 Å². The molecule has 0 unspecified atom stereocenters. The molecule has 0 radical (unpaired) electrons. The van der Waals surface area contributed by atoms with E-state index in [0.717, 1.165) is 32.6 Å². The molecule has 1 aliphatic heterocycles. The summed E-state index contributed by atoms with van der Waals surface area (Å²) in [5.74, 6) is -0.867. The summed E-state index contributed by atoms with van der Waals surface area (Å²) >= 11 is 0. The van der Waals surface area contributed by atoms with Gasteiger partial charge in [-0.2, -0.15) is 5.26 Å². The molecule has 3 aromatic carbocycles. The average Bonchev–Trinajstić information content (AvgIpc) is 3.20. The molecule has 2 amide bonds. The number of fused-ring (bicyclic) bond motifs is 1. The van der Waals surface area contributed by atoms with Crippen LogP contribution in [0.25, 0.3) is 11.1 Å². The molecular weight excluding hydrogens is 492 g/mol. The predicted octanol–water partition coefficient (Wildman–Crippen LogP) is 3.85. The third-order valence-corrected chi connectivity index (χ3v) is 6.98. The van der Waals surface area contributed by atoms with Crippen LogP contribution in [0.3, 0.4) is 0 Å². The van der Waals surface area contributed by atoms with E-state index < -0.39 is 23.1 Å². The number of benzene rings is 3. The molecule has 2 heterocycles. The zero-order valence-electron chi connectivity index (χ0n) is 21.5. The molecule has 5 rings (SSSR count). The Balaban J connectivity index is 1.51. The van der Waals surface area contributed by atoms with E-state index in [1.165, 1.54) is 6.07 Å². The maximum atomic E-state index is 13.7. The first-order chi connectivity index (χ1) is 18.9. The van der Waals surface area contributed by atoms with E-state index in [0.29, 0.717) is 28.8 Å². The van der Waals surface area contributed by atoms with Gasteiger partial charge in [-0.3, -0.25) is 28.4 Å². The molecule has 0 aliphatic carbocycles. The highest BCUT2D eigenvalue weighted by molar-refractivity contribution is 6.21. The minimum absolute atomic E-state index is 0.0965. The number of aryl methyl sites for hydroxylation is 1. The van der Waals surface area contributed by atoms with Crippen LogP contribution in [0.1, 0.15) is 50.9 Å². The quantitative estimate of drug-likeness (QED) is 0.330. The molecule has 0 fully saturated rings. The number of carbonyl (C=O) groups is 2. The minimum Gasteiger partial charge on any atom is -0.293 e. The van der Waals surface area contributed by atoms with Gasteiger partial charge in [-0.05, 0) is 41.3 Å². The SMILES string of the molecule is CCCc1cc(=O)n(CCN2C(=O)c3ccccc3C2=O)c(=O)n1Cc1ccccc1-c1ccccc1C#N. The lowest BCUT2D eigenvalue weighted by Crippen LogP contribution is -2.44. The zero-order chi connectivity index (χ0) is 27.5. The molecule has 4 aromatic rings. The van der Waals surface area contributed by atoms with Crippen molar-refractivity contribution in [3.05, 3.63) is 128 Å². The van der Waals surface area contributed by atoms with Gasteiger partial charge in [0.05, 0.1) is 29.3 Å². The molecular formula is C31H26N4O4. The van der Waals surface area contributed by atoms with Gasteiger partial charge in [0.15, 0.2) is 0 Å². The smallest absolute Gasteiger partial charge is 0.293 e. The Morgan fingerprint density at radius 3 is 1.95 bits per heavy atom. The van der Waals surface area contributed by atoms with E-state index in [-0.39, 0.29) is 19.6 Å². The van der Waals surface area contributed by atoms with Gasteiger partial charge in [-0.25, -0.2) is 4.79 Å². The van der Waals surface area contributed by atoms with Crippen LogP contribution in [0.5, 0.6) is 0 Å². The highest BCUT2D eigenvalue weighted by Gasteiger charge is 2.34. The molecule has 8 nitrogen and oxygen atoms in total. The Bertz CT molecular complexity index is 1720. The molecule has 0 spiro atoms. The fourth-order valence-corrected chi connectivity index (χ4v) is 5.05. The first-order valence-corrected chi connectivity index (χ1v) is 12.8. The summed E-state index contributed by atoms with van der Waals surface area (Å²) in [6, 6.07) is 25.1. The highest BCUT2D eigenvalue weighted by Crippen LogP contribution is 2.27. The lowest BCUT2D eigenvalue weighted by molar-refractivity contribution is 0.0647. The largest absolute Gasteiger partial charge is 0.331 e. The third kappa shape index (κ3) is 4.71. The topological polar surface area (TPSA) is 105 Å². The summed E-state index contributed by atoms with van der Waals surface area (Å²) < 4.78 is 2.65. The Morgan fingerprint density at radius 1 is 0.718 bits per heavy atom. The van der Waals surface area contributed by atoms with Gasteiger partial charge in [-0.15, -0.1) is 0 Å². The monoisotopic (exact) mass is 518 g/mol. The lowest BCUT2D eigenvalue weighted by atomic mass is 9.95. The van der Waals surface area contributed by atoms with Gasteiger partial charge >= 0.3 is 5.69 Å². The van der Waals surface area contributed by atoms with E-state index in [1.54, 1.807) is 41.0 Å². The summed E-state index contributed by atoms with van der Waals surface area (Å²) in [5, 5.41) is 9.63. The van der Waals surface area contributed by atoms with Crippen molar-refractivity contribution in [1.29, 1.82) is 5.26 Å². The second kappa shape index (κ2) is 10.8. The highest BCUT2D eigenvalue weighted by atomic mass is 16.2. The number of imide groups is 1. The van der Waals surface area contributed by atoms with Gasteiger partial charge in [0.2, 0.25) is 0 Å². The van der Waals surface area contributed by atoms with Crippen LogP contribution in [0, 0.1) is 11.3 Å². The van der Waals surface area contributed by atoms with Gasteiger partial charge < -0.3 is 0 Å². The molecule has 0 bridgehead atoms. The van der Waals surface area contributed by atoms with Crippen molar-refractivity contribution in [3.8, 4) is 17.2 Å². The summed E-state index contributed by atoms with van der Waals surface area (Å²) in [4.78, 5) is 53.4. The van der Waals surface area contributed by atoms with Crippen molar-refractivity contribution in [2.24, 2.45) is 0 Å². The Labute approximate surface area is 225 Å². The number of nitriles is 1. The zero-order valence-corrected chi connectivity index (χ0v) is 21.5. The fourth-order valence-electron chi connectivity index (χ4n) is 5.05. The van der Waals surface area contributed by atoms with Crippen LogP contribution in [-0.2, 0) is 19.5 Å². The predicted molar refractivity (Wildman–Crippen MR) is 146 cm³/mol. The summed E-state index contributed by atoms with van der Waals surface area (Å²) in [6.45, 7) is 1.95. The fraction of sp³-hybridized carbons (Fsp3) is 0.194. The van der Waals surface area contributed by atoms with Crippen molar-refractivity contribution in [3.63, 3.8) is 0 Å². The lowest BCUT2D eigenvalue weighted by Gasteiger charge is -2.19. The molecule has 0 saturated carbocycles. The maximum absolute atomic E-state index is 13.7. The van der Waals surface area contributed by atoms with Crippen LogP contribution in [0.4, 0.5) is 0 Å². The van der Waals surface area contributed by atoms with E-state index >= 15 is 0 Å². The first-order valence-electron chi connectivity index (χ1n) is 12.8. The van der Waals surface area contributed by atoms with Crippen LogP contribution in [-0.4, -0.2) is 32.4 Å². The second-order valence-electron chi connectivity index (χ2n) is 9.37. The number of nitrogens with zero attached hydrogens (tertiary/aromatic N) is 4. The van der Waals surface area contributed by atoms with Crippen LogP contribution < -0.4 is 11.2 Å². The van der Waals surface area contributed by atoms with Crippen molar-refractivity contribution in [1.82, 2.24) is 14.0 Å². The second-order valence-corrected chi connectivity index (χ2v) is 9.37. The van der Waals surface area contributed by atoms with Gasteiger partial charge in [0.25, 0.3) is 17.4 Å². The van der Waals surface area contributed by atoms with Gasteiger partial charge in [0, 0.05) is 24.8 Å². The van der Waals surface area contributed by atoms with Crippen LogP contribution in [0.2, 0.25) is 0 Å². The Kier molecular flexibility index (Phi) is 7.06. The summed E-state index contributed by atoms with van der Waals surface area (Å²) in [5.41, 5.74) is 3.20. The number of hydrogen-bond acceptors (Lipinski definition) is 5. The summed E-state index contributed by atoms with van der Waals surface area (Å²) in [7, 11) is 0. The molecule has 39 heavy (non-hydrogen) atoms. The molecule has 1 aromatic heterocycles. The van der Waals surface area contributed by atoms with E-state index in [9.17, 15) is 24.4 Å². The molecule has 8 heteroatoms. The molecule has 0 saturated heterocycles. The first kappa shape index (κ1) is 25.6. The van der Waals surface area contributed by atoms with Crippen molar-refractivity contribution in [2.45, 2.75) is 32.9 Å². The Hall–Kier alpha value is -5.03. The van der Waals surface area contributed by atoms with Gasteiger partial charge in [-0.1, -0.05) is 67.9 Å². The maximum Gasteiger partial charge on any atom is 0.331 e. The third-order valence-electron chi connectivity index (χ3n) is 6.98. The van der Waals surface area contributed by atoms with Crippen molar-refractivity contribution in [2.75, 3.05) is 6.54 Å².